The van der Waals surface area contributed by atoms with Gasteiger partial charge in [-0.25, -0.2) is 0 Å². The van der Waals surface area contributed by atoms with Crippen LogP contribution >= 0.6 is 0 Å². The second-order valence-electron chi connectivity index (χ2n) is 5.14. The molecule has 0 N–H and O–H groups in total. The van der Waals surface area contributed by atoms with Crippen LogP contribution in [0.1, 0.15) is 22.3 Å². The summed E-state index contributed by atoms with van der Waals surface area (Å²) in [5.41, 5.74) is 6.89. The molecule has 0 saturated carbocycles. The van der Waals surface area contributed by atoms with Gasteiger partial charge in [0.15, 0.2) is 0 Å². The minimum absolute atomic E-state index is 0.376. The van der Waals surface area contributed by atoms with Crippen LogP contribution in [0.5, 0.6) is 5.75 Å². The van der Waals surface area contributed by atoms with Gasteiger partial charge in [-0.05, 0) is 37.5 Å². The molecule has 0 atom stereocenters. The molecule has 0 aliphatic carbocycles. The van der Waals surface area contributed by atoms with Crippen LogP contribution in [-0.4, -0.2) is 13.4 Å². The molecule has 20 heavy (non-hydrogen) atoms. The molecule has 104 valence electrons. The van der Waals surface area contributed by atoms with Gasteiger partial charge in [0.1, 0.15) is 12.0 Å². The molecule has 2 aromatic carbocycles. The van der Waals surface area contributed by atoms with E-state index in [0.29, 0.717) is 6.42 Å². The summed E-state index contributed by atoms with van der Waals surface area (Å²) >= 11 is 0. The number of rotatable bonds is 4. The maximum Gasteiger partial charge on any atom is 0.130 e. The van der Waals surface area contributed by atoms with Crippen molar-refractivity contribution >= 4 is 6.29 Å². The molecule has 0 unspecified atom stereocenters. The molecule has 2 rings (SSSR count). The van der Waals surface area contributed by atoms with Gasteiger partial charge in [-0.15, -0.1) is 0 Å². The Bertz CT molecular complexity index is 619. The van der Waals surface area contributed by atoms with Crippen LogP contribution in [0.3, 0.4) is 0 Å². The number of aldehydes is 1. The van der Waals surface area contributed by atoms with Crippen molar-refractivity contribution in [2.75, 3.05) is 7.11 Å². The van der Waals surface area contributed by atoms with Crippen molar-refractivity contribution in [3.8, 4) is 16.9 Å². The summed E-state index contributed by atoms with van der Waals surface area (Å²) in [7, 11) is 1.66. The van der Waals surface area contributed by atoms with Crippen molar-refractivity contribution in [2.24, 2.45) is 0 Å². The lowest BCUT2D eigenvalue weighted by molar-refractivity contribution is -0.107. The van der Waals surface area contributed by atoms with E-state index in [1.807, 2.05) is 12.1 Å². The Kier molecular flexibility index (Phi) is 4.23. The van der Waals surface area contributed by atoms with Crippen molar-refractivity contribution in [2.45, 2.75) is 27.2 Å². The molecule has 2 aromatic rings. The third-order valence-electron chi connectivity index (χ3n) is 3.55. The summed E-state index contributed by atoms with van der Waals surface area (Å²) in [6.07, 6.45) is 1.29. The van der Waals surface area contributed by atoms with Crippen LogP contribution < -0.4 is 4.74 Å². The molecule has 0 aromatic heterocycles. The third-order valence-corrected chi connectivity index (χ3v) is 3.55. The van der Waals surface area contributed by atoms with E-state index in [1.54, 1.807) is 7.11 Å². The summed E-state index contributed by atoms with van der Waals surface area (Å²) in [5.74, 6) is 0.801. The van der Waals surface area contributed by atoms with Gasteiger partial charge in [0.25, 0.3) is 0 Å². The van der Waals surface area contributed by atoms with Crippen molar-refractivity contribution in [1.29, 1.82) is 0 Å². The Morgan fingerprint density at radius 2 is 1.75 bits per heavy atom. The fourth-order valence-corrected chi connectivity index (χ4v) is 2.88. The fourth-order valence-electron chi connectivity index (χ4n) is 2.88. The predicted octanol–water partition coefficient (Wildman–Crippen LogP) is 4.03. The number of methoxy groups -OCH3 is 1. The van der Waals surface area contributed by atoms with Crippen LogP contribution in [0.2, 0.25) is 0 Å². The molecule has 0 spiro atoms. The first kappa shape index (κ1) is 14.3. The molecule has 0 heterocycles. The Balaban J connectivity index is 2.70. The van der Waals surface area contributed by atoms with Crippen LogP contribution in [0.25, 0.3) is 11.1 Å². The van der Waals surface area contributed by atoms with Crippen molar-refractivity contribution in [1.82, 2.24) is 0 Å². The van der Waals surface area contributed by atoms with Gasteiger partial charge >= 0.3 is 0 Å². The lowest BCUT2D eigenvalue weighted by atomic mass is 9.91. The number of para-hydroxylation sites is 1. The minimum atomic E-state index is 0.376. The van der Waals surface area contributed by atoms with Crippen LogP contribution in [-0.2, 0) is 11.2 Å². The third kappa shape index (κ3) is 2.60. The molecule has 0 bridgehead atoms. The first-order valence-corrected chi connectivity index (χ1v) is 6.76. The summed E-state index contributed by atoms with van der Waals surface area (Å²) in [6, 6.07) is 10.3. The highest BCUT2D eigenvalue weighted by Gasteiger charge is 2.14. The Labute approximate surface area is 120 Å². The van der Waals surface area contributed by atoms with Gasteiger partial charge in [0.05, 0.1) is 7.11 Å². The van der Waals surface area contributed by atoms with E-state index in [9.17, 15) is 4.79 Å². The predicted molar refractivity (Wildman–Crippen MR) is 82.4 cm³/mol. The molecular formula is C18H20O2. The number of hydrogen-bond donors (Lipinski definition) is 0. The molecule has 0 amide bonds. The number of benzene rings is 2. The minimum Gasteiger partial charge on any atom is -0.496 e. The van der Waals surface area contributed by atoms with Crippen molar-refractivity contribution in [3.05, 3.63) is 52.6 Å². The number of hydrogen-bond acceptors (Lipinski definition) is 2. The lowest BCUT2D eigenvalue weighted by Crippen LogP contribution is -1.98. The topological polar surface area (TPSA) is 26.3 Å². The van der Waals surface area contributed by atoms with Gasteiger partial charge in [-0.3, -0.25) is 0 Å². The zero-order valence-electron chi connectivity index (χ0n) is 12.5. The van der Waals surface area contributed by atoms with Gasteiger partial charge in [-0.2, -0.15) is 0 Å². The molecule has 0 aliphatic rings. The molecule has 2 nitrogen and oxygen atoms in total. The van der Waals surface area contributed by atoms with Crippen LogP contribution in [0, 0.1) is 20.8 Å². The van der Waals surface area contributed by atoms with Crippen LogP contribution in [0.4, 0.5) is 0 Å². The summed E-state index contributed by atoms with van der Waals surface area (Å²) in [6.45, 7) is 6.33. The van der Waals surface area contributed by atoms with E-state index in [0.717, 1.165) is 23.2 Å². The van der Waals surface area contributed by atoms with E-state index in [1.165, 1.54) is 22.3 Å². The number of ether oxygens (including phenoxy) is 1. The molecule has 0 saturated heterocycles. The van der Waals surface area contributed by atoms with E-state index < -0.39 is 0 Å². The highest BCUT2D eigenvalue weighted by atomic mass is 16.5. The normalized spacial score (nSPS) is 10.4. The molecule has 0 aliphatic heterocycles. The average Bonchev–Trinajstić information content (AvgIpc) is 2.38. The zero-order valence-corrected chi connectivity index (χ0v) is 12.5. The molecule has 0 radical (unpaired) electrons. The highest BCUT2D eigenvalue weighted by molar-refractivity contribution is 5.78. The van der Waals surface area contributed by atoms with Gasteiger partial charge < -0.3 is 9.53 Å². The van der Waals surface area contributed by atoms with Crippen molar-refractivity contribution < 1.29 is 9.53 Å². The fraction of sp³-hybridized carbons (Fsp3) is 0.278. The number of carbonyl (C=O) groups is 1. The quantitative estimate of drug-likeness (QED) is 0.783. The average molecular weight is 268 g/mol. The number of aryl methyl sites for hydroxylation is 3. The van der Waals surface area contributed by atoms with Gasteiger partial charge in [0.2, 0.25) is 0 Å². The Morgan fingerprint density at radius 3 is 2.30 bits per heavy atom. The monoisotopic (exact) mass is 268 g/mol. The first-order valence-electron chi connectivity index (χ1n) is 6.76. The molecule has 0 fully saturated rings. The Hall–Kier alpha value is -2.09. The standard InChI is InChI=1S/C18H20O2/c1-12-10-13(2)17(14(3)11-12)16-7-5-6-15(8-9-19)18(16)20-4/h5-7,9-11H,8H2,1-4H3. The number of carbonyl (C=O) groups excluding carboxylic acids is 1. The van der Waals surface area contributed by atoms with Gasteiger partial charge in [0, 0.05) is 17.5 Å². The van der Waals surface area contributed by atoms with E-state index in [4.69, 9.17) is 4.74 Å². The second-order valence-corrected chi connectivity index (χ2v) is 5.14. The lowest BCUT2D eigenvalue weighted by Gasteiger charge is -2.17. The summed E-state index contributed by atoms with van der Waals surface area (Å²) < 4.78 is 5.56. The van der Waals surface area contributed by atoms with E-state index in [2.05, 4.69) is 39.0 Å². The van der Waals surface area contributed by atoms with Gasteiger partial charge in [-0.1, -0.05) is 35.9 Å². The van der Waals surface area contributed by atoms with E-state index >= 15 is 0 Å². The summed E-state index contributed by atoms with van der Waals surface area (Å²) in [4.78, 5) is 10.8. The first-order chi connectivity index (χ1) is 9.58. The molecular weight excluding hydrogens is 248 g/mol. The second kappa shape index (κ2) is 5.91. The maximum atomic E-state index is 10.8. The largest absolute Gasteiger partial charge is 0.496 e. The van der Waals surface area contributed by atoms with Crippen molar-refractivity contribution in [3.63, 3.8) is 0 Å². The zero-order chi connectivity index (χ0) is 14.7. The highest BCUT2D eigenvalue weighted by Crippen LogP contribution is 2.37. The molecule has 2 heteroatoms. The smallest absolute Gasteiger partial charge is 0.130 e. The maximum absolute atomic E-state index is 10.8. The summed E-state index contributed by atoms with van der Waals surface area (Å²) in [5, 5.41) is 0. The SMILES string of the molecule is COc1c(CC=O)cccc1-c1c(C)cc(C)cc1C. The van der Waals surface area contributed by atoms with Crippen LogP contribution in [0.15, 0.2) is 30.3 Å². The Morgan fingerprint density at radius 1 is 1.10 bits per heavy atom. The van der Waals surface area contributed by atoms with E-state index in [-0.39, 0.29) is 0 Å².